The third kappa shape index (κ3) is 21.8. The van der Waals surface area contributed by atoms with E-state index in [-0.39, 0.29) is 68.9 Å². The van der Waals surface area contributed by atoms with E-state index in [9.17, 15) is 93.4 Å². The molecule has 3 saturated heterocycles. The summed E-state index contributed by atoms with van der Waals surface area (Å²) in [5.41, 5.74) is -10.8. The maximum Gasteiger partial charge on any atom is 0.488 e. The highest BCUT2D eigenvalue weighted by molar-refractivity contribution is 7.48. The molecule has 3 aliphatic rings. The van der Waals surface area contributed by atoms with Crippen LogP contribution in [0.1, 0.15) is 108 Å². The molecule has 3 aliphatic heterocycles. The molecule has 19 nitrogen and oxygen atoms in total. The number of rotatable bonds is 24. The number of benzene rings is 6. The molecule has 0 unspecified atom stereocenters. The Hall–Kier alpha value is -10.7. The van der Waals surface area contributed by atoms with Crippen LogP contribution < -0.4 is 29.4 Å². The predicted octanol–water partition coefficient (Wildman–Crippen LogP) is 21.0. The zero-order chi connectivity index (χ0) is 96.5. The summed E-state index contributed by atoms with van der Waals surface area (Å²) in [6, 6.07) is 30.0. The molecule has 0 N–H and O–H groups in total. The summed E-state index contributed by atoms with van der Waals surface area (Å²) < 4.78 is 291. The van der Waals surface area contributed by atoms with Gasteiger partial charge in [0, 0.05) is 37.8 Å². The number of anilines is 6. The molecule has 12 rings (SSSR count). The zero-order valence-electron chi connectivity index (χ0n) is 74.7. The topological polar surface area (TPSA) is 154 Å². The molecule has 9 aromatic rings. The number of aromatic nitrogens is 3. The van der Waals surface area contributed by atoms with Crippen LogP contribution in [0.15, 0.2) is 164 Å². The van der Waals surface area contributed by atoms with Gasteiger partial charge in [0.2, 0.25) is 17.7 Å². The number of phosphoric acid groups is 1. The molecular weight excluding hydrogens is 1770 g/mol. The Labute approximate surface area is 747 Å². The zero-order valence-corrected chi connectivity index (χ0v) is 75.6. The molecule has 0 bridgehead atoms. The summed E-state index contributed by atoms with van der Waals surface area (Å²) in [5, 5.41) is 0. The van der Waals surface area contributed by atoms with Gasteiger partial charge in [-0.15, -0.1) is 0 Å². The van der Waals surface area contributed by atoms with Crippen LogP contribution in [-0.4, -0.2) is 187 Å². The Balaban J connectivity index is 0.793. The number of likely N-dealkylation sites (N-methyl/N-ethyl adjacent to an activating group) is 6. The SMILES string of the molecule is Cc1ccccc1-c1cc(N2CC[N+](C)(COP(=O)(OC[N+]3(C)CCN(c4cc(-c5ccccc5C)c(N(C)C(=O)C(C)(C)c5cc(C(F)(F)F)cc(C(F)(F)F)c5)cn4)CC3)OC[N+]3(C)CCN(c4cc(-c5ccccc5C)c(N(C)C(=O)C(C)(C)c5cc(C(F)(F)F)cc(C(F)(F)F)c5)cn4)CC3)CC2)ncc1N(C)C(=O)C(C)(C)c1cc(C(F)(F)F)cc(C(F)(F)F)c1. The van der Waals surface area contributed by atoms with Crippen molar-refractivity contribution in [2.24, 2.45) is 0 Å². The van der Waals surface area contributed by atoms with Gasteiger partial charge in [0.25, 0.3) is 0 Å². The van der Waals surface area contributed by atoms with Crippen LogP contribution in [-0.2, 0) is 85.8 Å². The minimum Gasteiger partial charge on any atom is -0.345 e. The van der Waals surface area contributed by atoms with Gasteiger partial charge in [-0.2, -0.15) is 79.0 Å². The highest BCUT2D eigenvalue weighted by atomic mass is 31.2. The number of amides is 3. The molecule has 0 radical (unpaired) electrons. The average Bonchev–Trinajstić information content (AvgIpc) is 0.763. The first-order chi connectivity index (χ1) is 60.5. The van der Waals surface area contributed by atoms with Gasteiger partial charge < -0.3 is 42.8 Å². The predicted molar refractivity (Wildman–Crippen MR) is 462 cm³/mol. The van der Waals surface area contributed by atoms with Crippen molar-refractivity contribution in [3.63, 3.8) is 0 Å². The highest BCUT2D eigenvalue weighted by Crippen LogP contribution is 2.53. The second-order valence-electron chi connectivity index (χ2n) is 36.4. The highest BCUT2D eigenvalue weighted by Gasteiger charge is 2.49. The number of nitrogens with zero attached hydrogens (tertiary/aromatic N) is 12. The van der Waals surface area contributed by atoms with Crippen LogP contribution in [0.2, 0.25) is 0 Å². The fourth-order valence-corrected chi connectivity index (χ4v) is 18.0. The van der Waals surface area contributed by atoms with Gasteiger partial charge >= 0.3 is 44.9 Å². The molecule has 6 aromatic carbocycles. The third-order valence-electron chi connectivity index (χ3n) is 25.5. The van der Waals surface area contributed by atoms with E-state index in [0.717, 1.165) is 31.4 Å². The van der Waals surface area contributed by atoms with Gasteiger partial charge in [-0.3, -0.25) is 14.4 Å². The molecule has 704 valence electrons. The Morgan fingerprint density at radius 3 is 0.710 bits per heavy atom. The molecule has 0 aliphatic carbocycles. The van der Waals surface area contributed by atoms with Crippen molar-refractivity contribution in [1.82, 2.24) is 15.0 Å². The summed E-state index contributed by atoms with van der Waals surface area (Å²) in [6.45, 7) is 16.2. The molecule has 3 fully saturated rings. The Bertz CT molecular complexity index is 5160. The minimum absolute atomic E-state index is 0.00413. The van der Waals surface area contributed by atoms with Crippen molar-refractivity contribution >= 4 is 60.1 Å². The van der Waals surface area contributed by atoms with E-state index in [1.165, 1.54) is 81.3 Å². The first-order valence-electron chi connectivity index (χ1n) is 41.8. The molecule has 3 aromatic heterocycles. The lowest BCUT2D eigenvalue weighted by molar-refractivity contribution is -0.931. The monoisotopic (exact) mass is 1870 g/mol. The first kappa shape index (κ1) is 99.3. The molecule has 3 amide bonds. The van der Waals surface area contributed by atoms with Crippen molar-refractivity contribution in [1.29, 1.82) is 0 Å². The van der Waals surface area contributed by atoms with E-state index in [2.05, 4.69) is 0 Å². The van der Waals surface area contributed by atoms with Crippen molar-refractivity contribution < 1.29 is 125 Å². The number of alkyl halides is 18. The Kier molecular flexibility index (Phi) is 27.6. The number of aryl methyl sites for hydroxylation is 3. The number of hydrogen-bond donors (Lipinski definition) is 0. The number of piperazine rings is 3. The van der Waals surface area contributed by atoms with E-state index in [1.807, 2.05) is 74.8 Å². The quantitative estimate of drug-likeness (QED) is 0.0320. The van der Waals surface area contributed by atoms with Crippen molar-refractivity contribution in [2.45, 2.75) is 116 Å². The van der Waals surface area contributed by atoms with Crippen LogP contribution in [0.4, 0.5) is 114 Å². The molecule has 0 atom stereocenters. The van der Waals surface area contributed by atoms with Crippen LogP contribution in [0.3, 0.4) is 0 Å². The first-order valence-corrected chi connectivity index (χ1v) is 43.2. The van der Waals surface area contributed by atoms with Crippen molar-refractivity contribution in [3.05, 3.63) is 231 Å². The molecule has 131 heavy (non-hydrogen) atoms. The van der Waals surface area contributed by atoms with E-state index in [1.54, 1.807) is 72.8 Å². The van der Waals surface area contributed by atoms with Gasteiger partial charge in [-0.25, -0.2) is 33.1 Å². The van der Waals surface area contributed by atoms with Crippen LogP contribution in [0, 0.1) is 20.8 Å². The second kappa shape index (κ2) is 36.4. The second-order valence-corrected chi connectivity index (χ2v) is 38.0. The Morgan fingerprint density at radius 1 is 0.328 bits per heavy atom. The normalized spacial score (nSPS) is 16.2. The molecule has 38 heteroatoms. The fourth-order valence-electron chi connectivity index (χ4n) is 16.5. The van der Waals surface area contributed by atoms with Crippen molar-refractivity contribution in [2.75, 3.05) is 170 Å². The van der Waals surface area contributed by atoms with Crippen molar-refractivity contribution in [3.8, 4) is 33.4 Å². The lowest BCUT2D eigenvalue weighted by atomic mass is 9.81. The fraction of sp³-hybridized carbons (Fsp3) is 0.419. The summed E-state index contributed by atoms with van der Waals surface area (Å²) >= 11 is 0. The number of pyridine rings is 3. The van der Waals surface area contributed by atoms with Gasteiger partial charge in [0.15, 0.2) is 20.2 Å². The number of carbonyl (C=O) groups is 3. The van der Waals surface area contributed by atoms with Crippen LogP contribution in [0.25, 0.3) is 33.4 Å². The summed E-state index contributed by atoms with van der Waals surface area (Å²) in [5.74, 6) is -1.19. The van der Waals surface area contributed by atoms with E-state index < -0.39 is 129 Å². The Morgan fingerprint density at radius 2 is 0.519 bits per heavy atom. The molecule has 0 saturated carbocycles. The lowest BCUT2D eigenvalue weighted by Gasteiger charge is -2.44. The standard InChI is InChI=1S/C93H102F18N12O7P/c1-58-22-16-19-25-70(58)73-49-79(112-52-76(73)115(10)82(124)85(4,5)61-40-64(88(94,95)96)46-65(41-61)89(97,98)99)118-28-34-121(13,35-29-118)55-128-131(127,129-56-122(14)36-30-119(31-37-122)80-50-74(71-26-20-17-23-59(71)2)77(53-113-80)116(11)83(125)86(6,7)62-42-66(90(100,101)102)47-67(43-62)91(103,104)105)130-57-123(15)38-32-120(33-39-123)81-51-75(72-27-21-18-24-60(72)3)78(54-114-81)117(12)84(126)87(8,9)63-44-68(92(106,107)108)48-69(45-63)93(109,110)111/h16-27,40-54H,28-39,55-57H2,1-15H3/q+3. The number of phosphoric ester groups is 1. The molecule has 6 heterocycles. The summed E-state index contributed by atoms with van der Waals surface area (Å²) in [4.78, 5) is 67.9. The van der Waals surface area contributed by atoms with E-state index in [0.29, 0.717) is 166 Å². The number of carbonyl (C=O) groups excluding carboxylic acids is 3. The maximum atomic E-state index is 15.9. The van der Waals surface area contributed by atoms with Gasteiger partial charge in [0.1, 0.15) is 17.5 Å². The molecule has 0 spiro atoms. The summed E-state index contributed by atoms with van der Waals surface area (Å²) in [7, 11) is 5.10. The third-order valence-corrected chi connectivity index (χ3v) is 26.7. The van der Waals surface area contributed by atoms with Crippen LogP contribution >= 0.6 is 7.82 Å². The van der Waals surface area contributed by atoms with Gasteiger partial charge in [0.05, 0.1) is 185 Å². The number of halogens is 18. The smallest absolute Gasteiger partial charge is 0.345 e. The minimum atomic E-state index is -5.18. The maximum absolute atomic E-state index is 15.9. The largest absolute Gasteiger partial charge is 0.488 e. The van der Waals surface area contributed by atoms with Gasteiger partial charge in [-0.05, 0) is 185 Å². The lowest BCUT2D eigenvalue weighted by Crippen LogP contribution is -2.59. The van der Waals surface area contributed by atoms with E-state index in [4.69, 9.17) is 28.5 Å². The van der Waals surface area contributed by atoms with Gasteiger partial charge in [-0.1, -0.05) is 72.8 Å². The van der Waals surface area contributed by atoms with E-state index >= 15 is 4.57 Å². The van der Waals surface area contributed by atoms with Crippen LogP contribution in [0.5, 0.6) is 0 Å². The summed E-state index contributed by atoms with van der Waals surface area (Å²) in [6.07, 6.45) is -26.8. The average molecular weight is 1870 g/mol. The number of quaternary nitrogens is 3. The number of hydrogen-bond acceptors (Lipinski definition) is 13. The molecular formula is C93H102F18N12O7P+3.